The van der Waals surface area contributed by atoms with Crippen molar-refractivity contribution in [1.82, 2.24) is 20.0 Å². The predicted octanol–water partition coefficient (Wildman–Crippen LogP) is -0.138. The lowest BCUT2D eigenvalue weighted by Gasteiger charge is -2.10. The van der Waals surface area contributed by atoms with E-state index in [9.17, 15) is 8.42 Å². The molecule has 0 saturated carbocycles. The molecule has 3 N–H and O–H groups in total. The lowest BCUT2D eigenvalue weighted by atomic mass is 10.2. The highest BCUT2D eigenvalue weighted by molar-refractivity contribution is 7.89. The zero-order valence-electron chi connectivity index (χ0n) is 8.64. The number of hydrogen-bond donors (Lipinski definition) is 3. The van der Waals surface area contributed by atoms with E-state index in [0.29, 0.717) is 6.54 Å². The van der Waals surface area contributed by atoms with Crippen molar-refractivity contribution in [3.8, 4) is 0 Å². The Bertz CT molecular complexity index is 400. The molecule has 0 aromatic carbocycles. The second-order valence-corrected chi connectivity index (χ2v) is 5.30. The summed E-state index contributed by atoms with van der Waals surface area (Å²) >= 11 is 0. The van der Waals surface area contributed by atoms with Crippen LogP contribution < -0.4 is 10.0 Å². The normalized spacial score (nSPS) is 20.6. The van der Waals surface area contributed by atoms with E-state index in [-0.39, 0.29) is 23.5 Å². The Labute approximate surface area is 101 Å². The molecule has 1 fully saturated rings. The van der Waals surface area contributed by atoms with Gasteiger partial charge in [0.1, 0.15) is 0 Å². The minimum atomic E-state index is -3.41. The third-order valence-electron chi connectivity index (χ3n) is 2.44. The van der Waals surface area contributed by atoms with Crippen molar-refractivity contribution in [3.63, 3.8) is 0 Å². The van der Waals surface area contributed by atoms with Gasteiger partial charge in [0, 0.05) is 12.6 Å². The second kappa shape index (κ2) is 5.62. The topological polar surface area (TPSA) is 86.9 Å². The van der Waals surface area contributed by atoms with E-state index in [1.54, 1.807) is 0 Å². The maximum Gasteiger partial charge on any atom is 0.257 e. The van der Waals surface area contributed by atoms with Gasteiger partial charge in [-0.2, -0.15) is 0 Å². The highest BCUT2D eigenvalue weighted by Gasteiger charge is 2.19. The number of imidazole rings is 1. The smallest absolute Gasteiger partial charge is 0.257 e. The van der Waals surface area contributed by atoms with Gasteiger partial charge in [-0.15, -0.1) is 12.4 Å². The quantitative estimate of drug-likeness (QED) is 0.708. The third kappa shape index (κ3) is 3.18. The van der Waals surface area contributed by atoms with Crippen LogP contribution >= 0.6 is 12.4 Å². The molecule has 1 saturated heterocycles. The first-order chi connectivity index (χ1) is 7.18. The summed E-state index contributed by atoms with van der Waals surface area (Å²) in [5, 5.41) is 3.33. The Morgan fingerprint density at radius 3 is 2.94 bits per heavy atom. The van der Waals surface area contributed by atoms with E-state index >= 15 is 0 Å². The molecule has 1 unspecified atom stereocenters. The van der Waals surface area contributed by atoms with Crippen molar-refractivity contribution in [2.45, 2.75) is 23.9 Å². The molecule has 1 aliphatic rings. The number of halogens is 1. The van der Waals surface area contributed by atoms with E-state index < -0.39 is 10.0 Å². The van der Waals surface area contributed by atoms with Crippen LogP contribution in [0.3, 0.4) is 0 Å². The molecular weight excluding hydrogens is 252 g/mol. The first kappa shape index (κ1) is 13.4. The van der Waals surface area contributed by atoms with Crippen LogP contribution in [0.2, 0.25) is 0 Å². The maximum atomic E-state index is 11.6. The average molecular weight is 267 g/mol. The molecule has 6 nitrogen and oxygen atoms in total. The van der Waals surface area contributed by atoms with Gasteiger partial charge in [0.25, 0.3) is 10.0 Å². The third-order valence-corrected chi connectivity index (χ3v) is 3.79. The summed E-state index contributed by atoms with van der Waals surface area (Å²) < 4.78 is 25.8. The summed E-state index contributed by atoms with van der Waals surface area (Å²) in [6.07, 6.45) is 4.77. The van der Waals surface area contributed by atoms with Crippen LogP contribution in [0, 0.1) is 0 Å². The Kier molecular flexibility index (Phi) is 4.72. The number of aromatic nitrogens is 2. The van der Waals surface area contributed by atoms with Crippen LogP contribution in [0.15, 0.2) is 17.6 Å². The van der Waals surface area contributed by atoms with Gasteiger partial charge in [0.2, 0.25) is 0 Å². The van der Waals surface area contributed by atoms with Crippen molar-refractivity contribution in [1.29, 1.82) is 0 Å². The van der Waals surface area contributed by atoms with Gasteiger partial charge in [-0.05, 0) is 19.4 Å². The predicted molar refractivity (Wildman–Crippen MR) is 62.0 cm³/mol. The first-order valence-corrected chi connectivity index (χ1v) is 6.38. The van der Waals surface area contributed by atoms with E-state index in [1.807, 2.05) is 0 Å². The van der Waals surface area contributed by atoms with Gasteiger partial charge in [0.05, 0.1) is 12.5 Å². The van der Waals surface area contributed by atoms with Crippen molar-refractivity contribution in [2.24, 2.45) is 0 Å². The number of rotatable bonds is 4. The lowest BCUT2D eigenvalue weighted by Crippen LogP contribution is -2.37. The molecular formula is C8H15ClN4O2S. The Balaban J connectivity index is 0.00000128. The van der Waals surface area contributed by atoms with Crippen LogP contribution in [0.4, 0.5) is 0 Å². The van der Waals surface area contributed by atoms with Gasteiger partial charge in [-0.3, -0.25) is 0 Å². The molecule has 92 valence electrons. The summed E-state index contributed by atoms with van der Waals surface area (Å²) in [6, 6.07) is 0.252. The van der Waals surface area contributed by atoms with E-state index in [0.717, 1.165) is 19.4 Å². The highest BCUT2D eigenvalue weighted by Crippen LogP contribution is 2.06. The van der Waals surface area contributed by atoms with Gasteiger partial charge >= 0.3 is 0 Å². The van der Waals surface area contributed by atoms with E-state index in [4.69, 9.17) is 0 Å². The molecule has 1 aliphatic heterocycles. The number of nitrogens with one attached hydrogen (secondary N) is 3. The largest absolute Gasteiger partial charge is 0.335 e. The number of aromatic amines is 1. The van der Waals surface area contributed by atoms with Gasteiger partial charge in [0.15, 0.2) is 5.03 Å². The summed E-state index contributed by atoms with van der Waals surface area (Å²) in [4.78, 5) is 6.25. The fourth-order valence-corrected chi connectivity index (χ4v) is 2.59. The lowest BCUT2D eigenvalue weighted by molar-refractivity contribution is 0.549. The van der Waals surface area contributed by atoms with Crippen molar-refractivity contribution in [3.05, 3.63) is 12.5 Å². The molecule has 1 aromatic heterocycles. The SMILES string of the molecule is Cl.O=S(=O)(NCC1CCCN1)c1cnc[nH]1. The zero-order chi connectivity index (χ0) is 10.7. The monoisotopic (exact) mass is 266 g/mol. The summed E-state index contributed by atoms with van der Waals surface area (Å²) in [7, 11) is -3.41. The van der Waals surface area contributed by atoms with Crippen LogP contribution in [0.1, 0.15) is 12.8 Å². The fourth-order valence-electron chi connectivity index (χ4n) is 1.61. The number of nitrogens with zero attached hydrogens (tertiary/aromatic N) is 1. The molecule has 0 spiro atoms. The van der Waals surface area contributed by atoms with Crippen molar-refractivity contribution >= 4 is 22.4 Å². The minimum absolute atomic E-state index is 0. The molecule has 0 amide bonds. The fraction of sp³-hybridized carbons (Fsp3) is 0.625. The van der Waals surface area contributed by atoms with Crippen molar-refractivity contribution in [2.75, 3.05) is 13.1 Å². The van der Waals surface area contributed by atoms with Gasteiger partial charge in [-0.1, -0.05) is 0 Å². The molecule has 1 atom stereocenters. The van der Waals surface area contributed by atoms with Crippen LogP contribution in [-0.4, -0.2) is 37.5 Å². The Morgan fingerprint density at radius 1 is 1.56 bits per heavy atom. The summed E-state index contributed by atoms with van der Waals surface area (Å²) in [5.41, 5.74) is 0. The average Bonchev–Trinajstić information content (AvgIpc) is 2.88. The standard InChI is InChI=1S/C8H14N4O2S.ClH/c13-15(14,8-5-9-6-11-8)12-4-7-2-1-3-10-7;/h5-7,10,12H,1-4H2,(H,9,11);1H. The molecule has 8 heteroatoms. The molecule has 0 radical (unpaired) electrons. The minimum Gasteiger partial charge on any atom is -0.335 e. The highest BCUT2D eigenvalue weighted by atomic mass is 35.5. The molecule has 16 heavy (non-hydrogen) atoms. The molecule has 0 bridgehead atoms. The maximum absolute atomic E-state index is 11.6. The van der Waals surface area contributed by atoms with Gasteiger partial charge in [-0.25, -0.2) is 18.1 Å². The van der Waals surface area contributed by atoms with Crippen LogP contribution in [-0.2, 0) is 10.0 Å². The number of H-pyrrole nitrogens is 1. The summed E-state index contributed by atoms with van der Waals surface area (Å²) in [6.45, 7) is 1.40. The first-order valence-electron chi connectivity index (χ1n) is 4.90. The van der Waals surface area contributed by atoms with Crippen LogP contribution in [0.5, 0.6) is 0 Å². The van der Waals surface area contributed by atoms with E-state index in [2.05, 4.69) is 20.0 Å². The van der Waals surface area contributed by atoms with Crippen LogP contribution in [0.25, 0.3) is 0 Å². The summed E-state index contributed by atoms with van der Waals surface area (Å²) in [5.74, 6) is 0. The number of sulfonamides is 1. The number of hydrogen-bond acceptors (Lipinski definition) is 4. The molecule has 1 aromatic rings. The Hall–Kier alpha value is -0.630. The van der Waals surface area contributed by atoms with E-state index in [1.165, 1.54) is 12.5 Å². The molecule has 2 heterocycles. The Morgan fingerprint density at radius 2 is 2.38 bits per heavy atom. The second-order valence-electron chi connectivity index (χ2n) is 3.56. The molecule has 2 rings (SSSR count). The van der Waals surface area contributed by atoms with Gasteiger partial charge < -0.3 is 10.3 Å². The van der Waals surface area contributed by atoms with Crippen molar-refractivity contribution < 1.29 is 8.42 Å². The zero-order valence-corrected chi connectivity index (χ0v) is 10.3. The molecule has 0 aliphatic carbocycles.